The zero-order valence-electron chi connectivity index (χ0n) is 12.4. The lowest BCUT2D eigenvalue weighted by molar-refractivity contribution is 0.282. The molecule has 0 unspecified atom stereocenters. The van der Waals surface area contributed by atoms with Crippen molar-refractivity contribution in [2.24, 2.45) is 4.99 Å². The van der Waals surface area contributed by atoms with E-state index in [2.05, 4.69) is 4.99 Å². The molecule has 4 rings (SSSR count). The topological polar surface area (TPSA) is 107 Å². The smallest absolute Gasteiger partial charge is 0.189 e. The second kappa shape index (κ2) is 4.93. The van der Waals surface area contributed by atoms with E-state index in [-0.39, 0.29) is 34.1 Å². The molecule has 3 aromatic carbocycles. The number of hydrogen-bond donors (Lipinski definition) is 3. The molecule has 6 nitrogen and oxygen atoms in total. The summed E-state index contributed by atoms with van der Waals surface area (Å²) in [7, 11) is -3.74. The fourth-order valence-electron chi connectivity index (χ4n) is 3.03. The molecule has 0 saturated carbocycles. The number of aliphatic hydroxyl groups excluding tert-OH is 1. The van der Waals surface area contributed by atoms with E-state index in [0.29, 0.717) is 10.9 Å². The lowest BCUT2D eigenvalue weighted by atomic mass is 10.00. The van der Waals surface area contributed by atoms with Crippen LogP contribution in [0.3, 0.4) is 0 Å². The first-order valence-corrected chi connectivity index (χ1v) is 8.88. The number of nitrogens with zero attached hydrogens (tertiary/aromatic N) is 1. The number of fused-ring (bicyclic) bond motifs is 3. The maximum atomic E-state index is 12.2. The van der Waals surface area contributed by atoms with Gasteiger partial charge in [-0.05, 0) is 34.5 Å². The van der Waals surface area contributed by atoms with Gasteiger partial charge in [0, 0.05) is 17.0 Å². The van der Waals surface area contributed by atoms with Crippen LogP contribution in [0.2, 0.25) is 0 Å². The Bertz CT molecular complexity index is 1150. The van der Waals surface area contributed by atoms with Gasteiger partial charge in [-0.3, -0.25) is 4.99 Å². The molecule has 1 heterocycles. The van der Waals surface area contributed by atoms with Crippen molar-refractivity contribution in [1.29, 1.82) is 0 Å². The fraction of sp³-hybridized carbons (Fsp3) is 0.118. The monoisotopic (exact) mass is 343 g/mol. The number of aliphatic imine (C=N–C) groups is 1. The summed E-state index contributed by atoms with van der Waals surface area (Å²) < 4.78 is 24.5. The van der Waals surface area contributed by atoms with Crippen LogP contribution in [0, 0.1) is 0 Å². The maximum Gasteiger partial charge on any atom is 0.189 e. The van der Waals surface area contributed by atoms with Crippen LogP contribution in [0.15, 0.2) is 40.2 Å². The third kappa shape index (κ3) is 1.98. The van der Waals surface area contributed by atoms with Gasteiger partial charge in [0.25, 0.3) is 0 Å². The summed E-state index contributed by atoms with van der Waals surface area (Å²) in [5.41, 5.74) is 0.577. The Morgan fingerprint density at radius 2 is 1.71 bits per heavy atom. The van der Waals surface area contributed by atoms with Gasteiger partial charge in [0.2, 0.25) is 0 Å². The number of phenolic OH excluding ortho intramolecular Hbond substituents is 2. The van der Waals surface area contributed by atoms with Crippen molar-refractivity contribution in [3.8, 4) is 11.5 Å². The highest BCUT2D eigenvalue weighted by atomic mass is 32.2. The van der Waals surface area contributed by atoms with Crippen LogP contribution >= 0.6 is 0 Å². The molecule has 3 N–H and O–H groups in total. The number of aromatic hydroxyl groups is 2. The Kier molecular flexibility index (Phi) is 3.06. The molecule has 0 aromatic heterocycles. The molecule has 3 aromatic rings. The molecule has 7 heteroatoms. The molecule has 1 aliphatic rings. The van der Waals surface area contributed by atoms with Crippen molar-refractivity contribution in [3.05, 3.63) is 35.9 Å². The van der Waals surface area contributed by atoms with E-state index in [0.717, 1.165) is 10.8 Å². The molecule has 0 aliphatic carbocycles. The van der Waals surface area contributed by atoms with E-state index in [1.54, 1.807) is 30.3 Å². The summed E-state index contributed by atoms with van der Waals surface area (Å²) in [6, 6.07) is 8.54. The molecule has 24 heavy (non-hydrogen) atoms. The van der Waals surface area contributed by atoms with Gasteiger partial charge >= 0.3 is 0 Å². The van der Waals surface area contributed by atoms with E-state index in [1.807, 2.05) is 0 Å². The highest BCUT2D eigenvalue weighted by Crippen LogP contribution is 2.49. The van der Waals surface area contributed by atoms with Gasteiger partial charge in [0.1, 0.15) is 16.3 Å². The van der Waals surface area contributed by atoms with Crippen molar-refractivity contribution in [2.75, 3.05) is 5.75 Å². The van der Waals surface area contributed by atoms with Crippen molar-refractivity contribution in [1.82, 2.24) is 0 Å². The van der Waals surface area contributed by atoms with Gasteiger partial charge in [0.15, 0.2) is 15.6 Å². The SMILES string of the molecule is O=S1(=O)CC=Nc2c1c(O)c1cc3ccc(CO)cc3cc1c2O. The number of sulfone groups is 1. The van der Waals surface area contributed by atoms with E-state index < -0.39 is 15.6 Å². The standard InChI is InChI=1S/C17H13NO5S/c19-8-9-1-2-10-6-13-12(7-11(10)5-9)15(20)14-17(16(13)21)24(22,23)4-3-18-14/h1-3,5-7,19-21H,4,8H2. The van der Waals surface area contributed by atoms with Crippen molar-refractivity contribution in [3.63, 3.8) is 0 Å². The van der Waals surface area contributed by atoms with Gasteiger partial charge in [-0.2, -0.15) is 0 Å². The van der Waals surface area contributed by atoms with Crippen molar-refractivity contribution in [2.45, 2.75) is 11.5 Å². The van der Waals surface area contributed by atoms with Gasteiger partial charge < -0.3 is 15.3 Å². The number of benzene rings is 3. The quantitative estimate of drug-likeness (QED) is 0.464. The van der Waals surface area contributed by atoms with Crippen LogP contribution in [0.5, 0.6) is 11.5 Å². The van der Waals surface area contributed by atoms with E-state index in [9.17, 15) is 23.7 Å². The average molecular weight is 343 g/mol. The van der Waals surface area contributed by atoms with E-state index >= 15 is 0 Å². The van der Waals surface area contributed by atoms with Crippen LogP contribution in [0.1, 0.15) is 5.56 Å². The highest BCUT2D eigenvalue weighted by molar-refractivity contribution is 7.92. The highest BCUT2D eigenvalue weighted by Gasteiger charge is 2.30. The minimum absolute atomic E-state index is 0.113. The molecular weight excluding hydrogens is 330 g/mol. The normalized spacial score (nSPS) is 15.7. The molecule has 1 aliphatic heterocycles. The molecule has 0 fully saturated rings. The van der Waals surface area contributed by atoms with Gasteiger partial charge in [-0.15, -0.1) is 0 Å². The first kappa shape index (κ1) is 14.9. The summed E-state index contributed by atoms with van der Waals surface area (Å²) in [4.78, 5) is 3.63. The summed E-state index contributed by atoms with van der Waals surface area (Å²) in [5, 5.41) is 32.3. The predicted octanol–water partition coefficient (Wildman–Crippen LogP) is 2.39. The van der Waals surface area contributed by atoms with Crippen LogP contribution < -0.4 is 0 Å². The summed E-state index contributed by atoms with van der Waals surface area (Å²) in [6.07, 6.45) is 1.20. The summed E-state index contributed by atoms with van der Waals surface area (Å²) in [6.45, 7) is -0.113. The Balaban J connectivity index is 2.19. The van der Waals surface area contributed by atoms with Gasteiger partial charge in [-0.25, -0.2) is 8.42 Å². The number of hydrogen-bond acceptors (Lipinski definition) is 6. The number of phenols is 2. The van der Waals surface area contributed by atoms with Crippen LogP contribution in [0.25, 0.3) is 21.5 Å². The minimum Gasteiger partial charge on any atom is -0.506 e. The second-order valence-electron chi connectivity index (χ2n) is 5.71. The van der Waals surface area contributed by atoms with E-state index in [1.165, 1.54) is 6.21 Å². The third-order valence-electron chi connectivity index (χ3n) is 4.21. The zero-order chi connectivity index (χ0) is 17.1. The lowest BCUT2D eigenvalue weighted by Gasteiger charge is -2.17. The van der Waals surface area contributed by atoms with E-state index in [4.69, 9.17) is 0 Å². The fourth-order valence-corrected chi connectivity index (χ4v) is 4.32. The van der Waals surface area contributed by atoms with Gasteiger partial charge in [0.05, 0.1) is 12.4 Å². The Labute approximate surface area is 137 Å². The largest absolute Gasteiger partial charge is 0.506 e. The molecule has 0 amide bonds. The lowest BCUT2D eigenvalue weighted by Crippen LogP contribution is -2.12. The third-order valence-corrected chi connectivity index (χ3v) is 5.81. The van der Waals surface area contributed by atoms with Crippen LogP contribution in [-0.4, -0.2) is 35.7 Å². The minimum atomic E-state index is -3.74. The first-order valence-electron chi connectivity index (χ1n) is 7.23. The maximum absolute atomic E-state index is 12.2. The molecular formula is C17H13NO5S. The zero-order valence-corrected chi connectivity index (χ0v) is 13.2. The Morgan fingerprint density at radius 1 is 1.00 bits per heavy atom. The second-order valence-corrected chi connectivity index (χ2v) is 7.68. The van der Waals surface area contributed by atoms with Crippen molar-refractivity contribution >= 4 is 43.3 Å². The van der Waals surface area contributed by atoms with Gasteiger partial charge in [-0.1, -0.05) is 12.1 Å². The summed E-state index contributed by atoms with van der Waals surface area (Å²) in [5.74, 6) is -0.997. The number of aliphatic hydroxyl groups is 1. The molecule has 122 valence electrons. The first-order chi connectivity index (χ1) is 11.4. The summed E-state index contributed by atoms with van der Waals surface area (Å²) >= 11 is 0. The van der Waals surface area contributed by atoms with Crippen molar-refractivity contribution < 1.29 is 23.7 Å². The average Bonchev–Trinajstić information content (AvgIpc) is 2.57. The molecule has 0 radical (unpaired) electrons. The molecule has 0 saturated heterocycles. The molecule has 0 spiro atoms. The molecule has 0 atom stereocenters. The molecule has 0 bridgehead atoms. The van der Waals surface area contributed by atoms with Crippen LogP contribution in [-0.2, 0) is 16.4 Å². The Hall–Kier alpha value is -2.64. The Morgan fingerprint density at radius 3 is 2.46 bits per heavy atom. The number of rotatable bonds is 1. The predicted molar refractivity (Wildman–Crippen MR) is 90.9 cm³/mol. The van der Waals surface area contributed by atoms with Crippen LogP contribution in [0.4, 0.5) is 5.69 Å².